The van der Waals surface area contributed by atoms with Crippen molar-refractivity contribution < 1.29 is 14.0 Å². The number of carbonyl (C=O) groups is 2. The number of amides is 2. The van der Waals surface area contributed by atoms with Gasteiger partial charge in [-0.2, -0.15) is 0 Å². The van der Waals surface area contributed by atoms with Gasteiger partial charge in [-0.3, -0.25) is 9.59 Å². The van der Waals surface area contributed by atoms with E-state index in [9.17, 15) is 14.0 Å². The Kier molecular flexibility index (Phi) is 8.68. The summed E-state index contributed by atoms with van der Waals surface area (Å²) in [7, 11) is 3.87. The molecule has 1 heterocycles. The van der Waals surface area contributed by atoms with Crippen LogP contribution in [0.15, 0.2) is 59.8 Å². The molecule has 1 aromatic heterocycles. The molecule has 9 heteroatoms. The maximum Gasteiger partial charge on any atom is 0.249 e. The lowest BCUT2D eigenvalue weighted by Gasteiger charge is -2.37. The molecule has 0 aliphatic rings. The van der Waals surface area contributed by atoms with Gasteiger partial charge in [-0.1, -0.05) is 30.0 Å². The monoisotopic (exact) mass is 509 g/mol. The lowest BCUT2D eigenvalue weighted by molar-refractivity contribution is -0.142. The molecule has 36 heavy (non-hydrogen) atoms. The minimum Gasteiger partial charge on any atom is -0.378 e. The summed E-state index contributed by atoms with van der Waals surface area (Å²) in [4.78, 5) is 39.0. The maximum absolute atomic E-state index is 14.5. The number of thioether (sulfide) groups is 1. The molecule has 0 saturated carbocycles. The Balaban J connectivity index is 1.84. The zero-order valence-electron chi connectivity index (χ0n) is 21.5. The van der Waals surface area contributed by atoms with Crippen LogP contribution in [0.4, 0.5) is 15.8 Å². The molecular weight excluding hydrogens is 477 g/mol. The molecule has 0 unspecified atom stereocenters. The van der Waals surface area contributed by atoms with Crippen LogP contribution in [0.2, 0.25) is 0 Å². The third kappa shape index (κ3) is 6.81. The Morgan fingerprint density at radius 1 is 1.00 bits per heavy atom. The van der Waals surface area contributed by atoms with Gasteiger partial charge in [-0.25, -0.2) is 14.4 Å². The third-order valence-electron chi connectivity index (χ3n) is 5.75. The Hall–Kier alpha value is -3.46. The SMILES string of the molecule is Cc1cc(C)nc(SCC(=O)N(Cc2ccccc2F)C(C)(C)C(=O)Nc2ccc(N(C)C)cc2)n1. The molecule has 0 saturated heterocycles. The highest BCUT2D eigenvalue weighted by molar-refractivity contribution is 7.99. The number of hydrogen-bond donors (Lipinski definition) is 1. The fraction of sp³-hybridized carbons (Fsp3) is 0.333. The summed E-state index contributed by atoms with van der Waals surface area (Å²) >= 11 is 1.19. The second-order valence-corrected chi connectivity index (χ2v) is 10.2. The lowest BCUT2D eigenvalue weighted by atomic mass is 9.99. The number of rotatable bonds is 9. The third-order valence-corrected chi connectivity index (χ3v) is 6.58. The van der Waals surface area contributed by atoms with Crippen LogP contribution < -0.4 is 10.2 Å². The van der Waals surface area contributed by atoms with Gasteiger partial charge in [-0.15, -0.1) is 0 Å². The van der Waals surface area contributed by atoms with E-state index in [2.05, 4.69) is 15.3 Å². The van der Waals surface area contributed by atoms with Crippen molar-refractivity contribution in [3.05, 3.63) is 77.4 Å². The molecule has 0 atom stereocenters. The predicted molar refractivity (Wildman–Crippen MR) is 143 cm³/mol. The largest absolute Gasteiger partial charge is 0.378 e. The second kappa shape index (κ2) is 11.5. The zero-order valence-corrected chi connectivity index (χ0v) is 22.3. The molecule has 0 aliphatic heterocycles. The van der Waals surface area contributed by atoms with Crippen molar-refractivity contribution in [3.8, 4) is 0 Å². The highest BCUT2D eigenvalue weighted by Crippen LogP contribution is 2.25. The number of halogens is 1. The van der Waals surface area contributed by atoms with Crippen molar-refractivity contribution >= 4 is 35.0 Å². The molecule has 1 N–H and O–H groups in total. The van der Waals surface area contributed by atoms with Crippen LogP contribution in [0, 0.1) is 19.7 Å². The van der Waals surface area contributed by atoms with Crippen LogP contribution >= 0.6 is 11.8 Å². The van der Waals surface area contributed by atoms with E-state index in [1.807, 2.05) is 51.0 Å². The molecule has 0 aliphatic carbocycles. The smallest absolute Gasteiger partial charge is 0.249 e. The standard InChI is InChI=1S/C27H32FN5O2S/c1-18-15-19(2)30-26(29-18)36-17-24(34)33(16-20-9-7-8-10-23(20)28)27(3,4)25(35)31-21-11-13-22(14-12-21)32(5)6/h7-15H,16-17H2,1-6H3,(H,31,35). The number of aryl methyl sites for hydroxylation is 2. The number of anilines is 2. The van der Waals surface area contributed by atoms with Crippen LogP contribution in [-0.2, 0) is 16.1 Å². The summed E-state index contributed by atoms with van der Waals surface area (Å²) in [5.41, 5.74) is 2.27. The van der Waals surface area contributed by atoms with Crippen molar-refractivity contribution in [2.45, 2.75) is 44.9 Å². The first-order valence-corrected chi connectivity index (χ1v) is 12.5. The first-order valence-electron chi connectivity index (χ1n) is 11.5. The van der Waals surface area contributed by atoms with Gasteiger partial charge in [0.2, 0.25) is 11.8 Å². The van der Waals surface area contributed by atoms with Crippen molar-refractivity contribution in [2.24, 2.45) is 0 Å². The zero-order chi connectivity index (χ0) is 26.5. The summed E-state index contributed by atoms with van der Waals surface area (Å²) in [6, 6.07) is 15.5. The van der Waals surface area contributed by atoms with E-state index in [1.54, 1.807) is 44.2 Å². The summed E-state index contributed by atoms with van der Waals surface area (Å²) in [5, 5.41) is 3.38. The molecule has 2 aromatic carbocycles. The van der Waals surface area contributed by atoms with Crippen LogP contribution in [0.1, 0.15) is 30.8 Å². The molecule has 0 radical (unpaired) electrons. The highest BCUT2D eigenvalue weighted by atomic mass is 32.2. The average molecular weight is 510 g/mol. The van der Waals surface area contributed by atoms with Crippen LogP contribution in [0.5, 0.6) is 0 Å². The molecule has 0 bridgehead atoms. The Labute approximate surface area is 216 Å². The Bertz CT molecular complexity index is 1210. The fourth-order valence-electron chi connectivity index (χ4n) is 3.61. The van der Waals surface area contributed by atoms with E-state index in [0.717, 1.165) is 17.1 Å². The van der Waals surface area contributed by atoms with E-state index in [4.69, 9.17) is 0 Å². The van der Waals surface area contributed by atoms with Crippen molar-refractivity contribution in [1.82, 2.24) is 14.9 Å². The molecule has 0 fully saturated rings. The van der Waals surface area contributed by atoms with Gasteiger partial charge >= 0.3 is 0 Å². The molecule has 190 valence electrons. The van der Waals surface area contributed by atoms with Crippen LogP contribution in [0.3, 0.4) is 0 Å². The second-order valence-electron chi connectivity index (χ2n) is 9.25. The summed E-state index contributed by atoms with van der Waals surface area (Å²) < 4.78 is 14.5. The van der Waals surface area contributed by atoms with E-state index in [0.29, 0.717) is 16.4 Å². The normalized spacial score (nSPS) is 11.2. The van der Waals surface area contributed by atoms with Gasteiger partial charge in [0.05, 0.1) is 5.75 Å². The van der Waals surface area contributed by atoms with Gasteiger partial charge in [0.25, 0.3) is 0 Å². The highest BCUT2D eigenvalue weighted by Gasteiger charge is 2.38. The van der Waals surface area contributed by atoms with Gasteiger partial charge in [0.1, 0.15) is 11.4 Å². The van der Waals surface area contributed by atoms with E-state index in [-0.39, 0.29) is 24.1 Å². The summed E-state index contributed by atoms with van der Waals surface area (Å²) in [5.74, 6) is -1.13. The van der Waals surface area contributed by atoms with Crippen LogP contribution in [0.25, 0.3) is 0 Å². The van der Waals surface area contributed by atoms with E-state index < -0.39 is 11.4 Å². The lowest BCUT2D eigenvalue weighted by Crippen LogP contribution is -2.55. The van der Waals surface area contributed by atoms with Gasteiger partial charge < -0.3 is 15.1 Å². The minimum atomic E-state index is -1.27. The number of aromatic nitrogens is 2. The number of nitrogens with zero attached hydrogens (tertiary/aromatic N) is 4. The fourth-order valence-corrected chi connectivity index (χ4v) is 4.43. The quantitative estimate of drug-likeness (QED) is 0.329. The summed E-state index contributed by atoms with van der Waals surface area (Å²) in [6.07, 6.45) is 0. The first-order chi connectivity index (χ1) is 17.0. The van der Waals surface area contributed by atoms with Gasteiger partial charge in [0.15, 0.2) is 5.16 Å². The van der Waals surface area contributed by atoms with Crippen molar-refractivity contribution in [2.75, 3.05) is 30.1 Å². The van der Waals surface area contributed by atoms with Crippen molar-refractivity contribution in [1.29, 1.82) is 0 Å². The van der Waals surface area contributed by atoms with Gasteiger partial charge in [0, 0.05) is 49.0 Å². The molecule has 2 amide bonds. The molecule has 7 nitrogen and oxygen atoms in total. The van der Waals surface area contributed by atoms with Crippen molar-refractivity contribution in [3.63, 3.8) is 0 Å². The molecular formula is C27H32FN5O2S. The average Bonchev–Trinajstić information content (AvgIpc) is 2.81. The Morgan fingerprint density at radius 3 is 2.19 bits per heavy atom. The number of hydrogen-bond acceptors (Lipinski definition) is 6. The topological polar surface area (TPSA) is 78.4 Å². The minimum absolute atomic E-state index is 0.00554. The molecule has 0 spiro atoms. The molecule has 3 aromatic rings. The summed E-state index contributed by atoms with van der Waals surface area (Å²) in [6.45, 7) is 6.99. The number of carbonyl (C=O) groups excluding carboxylic acids is 2. The first kappa shape index (κ1) is 27.1. The maximum atomic E-state index is 14.5. The molecule has 3 rings (SSSR count). The predicted octanol–water partition coefficient (Wildman–Crippen LogP) is 4.84. The van der Waals surface area contributed by atoms with E-state index >= 15 is 0 Å². The van der Waals surface area contributed by atoms with Crippen LogP contribution in [-0.4, -0.2) is 52.1 Å². The van der Waals surface area contributed by atoms with Gasteiger partial charge in [-0.05, 0) is 64.1 Å². The Morgan fingerprint density at radius 2 is 1.61 bits per heavy atom. The number of nitrogens with one attached hydrogen (secondary N) is 1. The van der Waals surface area contributed by atoms with E-state index in [1.165, 1.54) is 22.7 Å². The number of benzene rings is 2.